The van der Waals surface area contributed by atoms with Gasteiger partial charge in [0.05, 0.1) is 66.5 Å². The van der Waals surface area contributed by atoms with Crippen LogP contribution < -0.4 is 0 Å². The van der Waals surface area contributed by atoms with E-state index in [1.807, 2.05) is 48.5 Å². The van der Waals surface area contributed by atoms with Crippen molar-refractivity contribution in [3.05, 3.63) is 0 Å². The average Bonchev–Trinajstić information content (AvgIpc) is 3.72. The molecule has 5 rings (SSSR count). The van der Waals surface area contributed by atoms with Crippen LogP contribution in [0.25, 0.3) is 0 Å². The zero-order chi connectivity index (χ0) is 42.0. The standard InChI is InChI=1S/C43H76O13/c1-14-16-39(11,37-23(3)17-33(52-37)42(49)24(4)20-40(12,56-42)32(45)15-2)51-22-38(10)19-25(5)43(55-38)28(8)30(44)18-31(53-43)26(6)35-27(7)36(50-13)29(9)41(48,54-35)21-34(46)47/h23-33,35-37,44-45,48-49H,14-22H2,1-13H3,(H,46,47)/t23-,24-,25-,26+,27-,28+,29-,30-,31+,32-,33-,35?,36+,37-,38+,39+,40+,41+,42-,43+/m1/s1. The molecule has 0 aromatic carbocycles. The molecule has 5 aliphatic rings. The number of aliphatic hydroxyl groups is 4. The molecule has 326 valence electrons. The van der Waals surface area contributed by atoms with Crippen molar-refractivity contribution < 1.29 is 63.5 Å². The van der Waals surface area contributed by atoms with Crippen molar-refractivity contribution in [2.24, 2.45) is 41.4 Å². The molecular weight excluding hydrogens is 724 g/mol. The fourth-order valence-electron chi connectivity index (χ4n) is 11.7. The van der Waals surface area contributed by atoms with Gasteiger partial charge in [0.2, 0.25) is 0 Å². The summed E-state index contributed by atoms with van der Waals surface area (Å²) in [6, 6.07) is 0. The summed E-state index contributed by atoms with van der Waals surface area (Å²) in [5.74, 6) is -7.61. The molecule has 20 atom stereocenters. The molecule has 0 saturated carbocycles. The van der Waals surface area contributed by atoms with Gasteiger partial charge in [-0.05, 0) is 58.8 Å². The highest BCUT2D eigenvalue weighted by Gasteiger charge is 2.64. The predicted octanol–water partition coefficient (Wildman–Crippen LogP) is 5.41. The van der Waals surface area contributed by atoms with Gasteiger partial charge >= 0.3 is 5.97 Å². The summed E-state index contributed by atoms with van der Waals surface area (Å²) in [5, 5.41) is 55.5. The van der Waals surface area contributed by atoms with E-state index in [9.17, 15) is 30.3 Å². The SMILES string of the molecule is CCC[C@](C)(OC[C@]1(C)C[C@@H](C)[C@]2(O[C@H]([C@H](C)C3O[C@@](O)(CC(=O)O)[C@H](C)[C@@H](OC)[C@@H]3C)C[C@@H](O)[C@@H]2C)O1)[C@@H]1O[C@@H]([C@]2(O)O[C@](C)([C@H](O)CC)C[C@H]2C)C[C@H]1C. The monoisotopic (exact) mass is 801 g/mol. The molecular formula is C43H76O13. The summed E-state index contributed by atoms with van der Waals surface area (Å²) < 4.78 is 46.3. The maximum atomic E-state index is 12.0. The Hall–Kier alpha value is -0.970. The minimum atomic E-state index is -1.94. The summed E-state index contributed by atoms with van der Waals surface area (Å²) in [5.41, 5.74) is -2.36. The first-order valence-electron chi connectivity index (χ1n) is 21.5. The van der Waals surface area contributed by atoms with Gasteiger partial charge in [0, 0.05) is 49.0 Å². The molecule has 13 heteroatoms. The van der Waals surface area contributed by atoms with E-state index in [1.54, 1.807) is 14.0 Å². The summed E-state index contributed by atoms with van der Waals surface area (Å²) in [7, 11) is 1.56. The third-order valence-electron chi connectivity index (χ3n) is 15.1. The minimum Gasteiger partial charge on any atom is -0.481 e. The van der Waals surface area contributed by atoms with Gasteiger partial charge in [0.15, 0.2) is 17.4 Å². The van der Waals surface area contributed by atoms with Crippen molar-refractivity contribution in [2.75, 3.05) is 13.7 Å². The molecule has 5 heterocycles. The van der Waals surface area contributed by atoms with Crippen molar-refractivity contribution in [1.29, 1.82) is 0 Å². The van der Waals surface area contributed by atoms with Crippen molar-refractivity contribution in [3.63, 3.8) is 0 Å². The zero-order valence-corrected chi connectivity index (χ0v) is 36.4. The van der Waals surface area contributed by atoms with Crippen LogP contribution in [0.2, 0.25) is 0 Å². The molecule has 1 unspecified atom stereocenters. The minimum absolute atomic E-state index is 0.0548. The van der Waals surface area contributed by atoms with E-state index < -0.39 is 89.1 Å². The number of carbonyl (C=O) groups is 1. The molecule has 5 saturated heterocycles. The Bertz CT molecular complexity index is 1370. The fraction of sp³-hybridized carbons (Fsp3) is 0.977. The second kappa shape index (κ2) is 16.5. The number of methoxy groups -OCH3 is 1. The largest absolute Gasteiger partial charge is 0.481 e. The van der Waals surface area contributed by atoms with Gasteiger partial charge < -0.3 is 58.7 Å². The van der Waals surface area contributed by atoms with Crippen molar-refractivity contribution >= 4 is 5.97 Å². The number of carboxylic acids is 1. The Kier molecular flexibility index (Phi) is 13.6. The van der Waals surface area contributed by atoms with Gasteiger partial charge in [-0.1, -0.05) is 68.7 Å². The van der Waals surface area contributed by atoms with Crippen LogP contribution in [0.4, 0.5) is 0 Å². The maximum absolute atomic E-state index is 12.0. The first-order valence-corrected chi connectivity index (χ1v) is 21.5. The van der Waals surface area contributed by atoms with Gasteiger partial charge in [-0.3, -0.25) is 4.79 Å². The second-order valence-corrected chi connectivity index (χ2v) is 19.6. The summed E-state index contributed by atoms with van der Waals surface area (Å²) in [6.07, 6.45) is -0.437. The third-order valence-corrected chi connectivity index (χ3v) is 15.1. The Morgan fingerprint density at radius 2 is 1.62 bits per heavy atom. The molecule has 13 nitrogen and oxygen atoms in total. The number of hydrogen-bond donors (Lipinski definition) is 5. The molecule has 0 amide bonds. The lowest BCUT2D eigenvalue weighted by molar-refractivity contribution is -0.367. The Balaban J connectivity index is 1.32. The molecule has 0 radical (unpaired) electrons. The van der Waals surface area contributed by atoms with Crippen LogP contribution in [0, 0.1) is 41.4 Å². The number of rotatable bonds is 14. The van der Waals surface area contributed by atoms with Crippen LogP contribution in [0.15, 0.2) is 0 Å². The highest BCUT2D eigenvalue weighted by molar-refractivity contribution is 5.68. The molecule has 56 heavy (non-hydrogen) atoms. The lowest BCUT2D eigenvalue weighted by Gasteiger charge is -2.54. The van der Waals surface area contributed by atoms with E-state index in [4.69, 9.17) is 33.2 Å². The summed E-state index contributed by atoms with van der Waals surface area (Å²) in [4.78, 5) is 11.8. The van der Waals surface area contributed by atoms with E-state index in [0.29, 0.717) is 38.5 Å². The third kappa shape index (κ3) is 8.11. The van der Waals surface area contributed by atoms with Gasteiger partial charge in [0.25, 0.3) is 0 Å². The first kappa shape index (κ1) is 46.1. The average molecular weight is 801 g/mol. The molecule has 0 bridgehead atoms. The van der Waals surface area contributed by atoms with Crippen LogP contribution >= 0.6 is 0 Å². The second-order valence-electron chi connectivity index (χ2n) is 19.6. The number of aliphatic hydroxyl groups excluding tert-OH is 2. The van der Waals surface area contributed by atoms with Crippen molar-refractivity contribution in [2.45, 2.75) is 211 Å². The fourth-order valence-corrected chi connectivity index (χ4v) is 11.7. The molecule has 0 aliphatic carbocycles. The van der Waals surface area contributed by atoms with Crippen LogP contribution in [-0.4, -0.2) is 122 Å². The van der Waals surface area contributed by atoms with Gasteiger partial charge in [-0.25, -0.2) is 0 Å². The number of aliphatic carboxylic acids is 1. The Labute approximate surface area is 335 Å². The first-order chi connectivity index (χ1) is 25.9. The quantitative estimate of drug-likeness (QED) is 0.151. The summed E-state index contributed by atoms with van der Waals surface area (Å²) >= 11 is 0. The topological polar surface area (TPSA) is 183 Å². The number of hydrogen-bond acceptors (Lipinski definition) is 12. The molecule has 5 fully saturated rings. The molecule has 0 aromatic rings. The van der Waals surface area contributed by atoms with E-state index in [0.717, 1.165) is 6.42 Å². The van der Waals surface area contributed by atoms with E-state index in [-0.39, 0.29) is 48.2 Å². The van der Waals surface area contributed by atoms with Crippen molar-refractivity contribution in [1.82, 2.24) is 0 Å². The molecule has 5 N–H and O–H groups in total. The van der Waals surface area contributed by atoms with E-state index >= 15 is 0 Å². The van der Waals surface area contributed by atoms with Crippen LogP contribution in [-0.2, 0) is 38.0 Å². The highest BCUT2D eigenvalue weighted by Crippen LogP contribution is 2.55. The van der Waals surface area contributed by atoms with Gasteiger partial charge in [0.1, 0.15) is 6.10 Å². The maximum Gasteiger partial charge on any atom is 0.308 e. The lowest BCUT2D eigenvalue weighted by Crippen LogP contribution is -2.63. The highest BCUT2D eigenvalue weighted by atomic mass is 16.7. The Morgan fingerprint density at radius 1 is 0.964 bits per heavy atom. The van der Waals surface area contributed by atoms with Gasteiger partial charge in [-0.15, -0.1) is 0 Å². The van der Waals surface area contributed by atoms with Crippen LogP contribution in [0.3, 0.4) is 0 Å². The smallest absolute Gasteiger partial charge is 0.308 e. The zero-order valence-electron chi connectivity index (χ0n) is 36.4. The lowest BCUT2D eigenvalue weighted by atomic mass is 9.73. The van der Waals surface area contributed by atoms with Crippen LogP contribution in [0.1, 0.15) is 134 Å². The van der Waals surface area contributed by atoms with Crippen LogP contribution in [0.5, 0.6) is 0 Å². The van der Waals surface area contributed by atoms with E-state index in [2.05, 4.69) is 27.7 Å². The Morgan fingerprint density at radius 3 is 2.21 bits per heavy atom. The normalized spacial score (nSPS) is 50.6. The predicted molar refractivity (Wildman–Crippen MR) is 207 cm³/mol. The number of carboxylic acid groups (broad SMARTS) is 1. The molecule has 1 spiro atoms. The molecule has 5 aliphatic heterocycles. The van der Waals surface area contributed by atoms with E-state index in [1.165, 1.54) is 0 Å². The van der Waals surface area contributed by atoms with Gasteiger partial charge in [-0.2, -0.15) is 0 Å². The summed E-state index contributed by atoms with van der Waals surface area (Å²) in [6.45, 7) is 24.1. The van der Waals surface area contributed by atoms with Crippen molar-refractivity contribution in [3.8, 4) is 0 Å². The molecule has 0 aromatic heterocycles. The number of ether oxygens (including phenoxy) is 7.